The fraction of sp³-hybridized carbons (Fsp3) is 0.471. The van der Waals surface area contributed by atoms with Gasteiger partial charge in [0.2, 0.25) is 0 Å². The normalized spacial score (nSPS) is 13.2. The van der Waals surface area contributed by atoms with Crippen LogP contribution in [0, 0.1) is 3.57 Å². The zero-order valence-electron chi connectivity index (χ0n) is 13.1. The van der Waals surface area contributed by atoms with Crippen LogP contribution in [0.3, 0.4) is 0 Å². The Morgan fingerprint density at radius 2 is 2.09 bits per heavy atom. The van der Waals surface area contributed by atoms with Crippen molar-refractivity contribution >= 4 is 22.6 Å². The first-order chi connectivity index (χ1) is 10.4. The van der Waals surface area contributed by atoms with Gasteiger partial charge in [0.15, 0.2) is 11.5 Å². The Morgan fingerprint density at radius 1 is 1.41 bits per heavy atom. The van der Waals surface area contributed by atoms with E-state index in [0.29, 0.717) is 27.7 Å². The van der Waals surface area contributed by atoms with E-state index in [1.165, 1.54) is 7.11 Å². The van der Waals surface area contributed by atoms with Gasteiger partial charge in [-0.3, -0.25) is 0 Å². The van der Waals surface area contributed by atoms with Crippen LogP contribution < -0.4 is 4.74 Å². The fourth-order valence-electron chi connectivity index (χ4n) is 2.05. The molecule has 1 aromatic rings. The van der Waals surface area contributed by atoms with Gasteiger partial charge in [-0.1, -0.05) is 6.92 Å². The van der Waals surface area contributed by atoms with E-state index in [-0.39, 0.29) is 11.9 Å². The molecule has 2 atom stereocenters. The molecule has 122 valence electrons. The van der Waals surface area contributed by atoms with E-state index in [1.807, 2.05) is 29.5 Å². The van der Waals surface area contributed by atoms with Gasteiger partial charge in [-0.05, 0) is 65.3 Å². The highest BCUT2D eigenvalue weighted by Crippen LogP contribution is 2.35. The molecule has 0 amide bonds. The van der Waals surface area contributed by atoms with E-state index < -0.39 is 6.10 Å². The topological polar surface area (TPSA) is 69.9 Å². The predicted molar refractivity (Wildman–Crippen MR) is 95.1 cm³/mol. The third-order valence-electron chi connectivity index (χ3n) is 3.27. The molecule has 0 heterocycles. The molecular formula is C17H23IO4. The highest BCUT2D eigenvalue weighted by molar-refractivity contribution is 14.1. The number of phenols is 1. The van der Waals surface area contributed by atoms with E-state index in [2.05, 4.69) is 5.73 Å². The molecule has 1 rings (SSSR count). The van der Waals surface area contributed by atoms with Gasteiger partial charge in [-0.25, -0.2) is 0 Å². The zero-order valence-corrected chi connectivity index (χ0v) is 15.3. The number of aliphatic hydroxyl groups is 2. The molecule has 0 aromatic heterocycles. The Bertz CT molecular complexity index is 560. The Kier molecular flexibility index (Phi) is 7.96. The van der Waals surface area contributed by atoms with Crippen LogP contribution in [0.1, 0.15) is 44.8 Å². The van der Waals surface area contributed by atoms with Crippen LogP contribution in [0.4, 0.5) is 0 Å². The molecule has 3 N–H and O–H groups in total. The minimum Gasteiger partial charge on any atom is -0.504 e. The van der Waals surface area contributed by atoms with Gasteiger partial charge in [0.25, 0.3) is 0 Å². The highest BCUT2D eigenvalue weighted by atomic mass is 127. The average molecular weight is 418 g/mol. The Hall–Kier alpha value is -1.01. The molecule has 1 aromatic carbocycles. The van der Waals surface area contributed by atoms with Crippen LogP contribution in [0.15, 0.2) is 29.5 Å². The standard InChI is InChI=1S/C17H23IO4/c1-4-12(8-11(2)19)6-5-7-15(20)13-9-14(18)17(21)16(10-13)22-3/h5,9-11,15,19-21H,4,7-8H2,1-3H3/t6?,11-,15+/m0/s1. The predicted octanol–water partition coefficient (Wildman–Crippen LogP) is 3.69. The van der Waals surface area contributed by atoms with Crippen LogP contribution in [-0.4, -0.2) is 28.5 Å². The van der Waals surface area contributed by atoms with Gasteiger partial charge in [-0.15, -0.1) is 5.73 Å². The molecule has 0 fully saturated rings. The summed E-state index contributed by atoms with van der Waals surface area (Å²) >= 11 is 2.00. The minimum atomic E-state index is -0.694. The lowest BCUT2D eigenvalue weighted by Gasteiger charge is -2.12. The molecule has 22 heavy (non-hydrogen) atoms. The molecule has 0 saturated carbocycles. The number of ether oxygens (including phenoxy) is 1. The maximum absolute atomic E-state index is 10.3. The summed E-state index contributed by atoms with van der Waals surface area (Å²) in [7, 11) is 1.48. The van der Waals surface area contributed by atoms with Crippen molar-refractivity contribution in [3.05, 3.63) is 38.6 Å². The van der Waals surface area contributed by atoms with E-state index in [9.17, 15) is 15.3 Å². The lowest BCUT2D eigenvalue weighted by molar-refractivity contribution is 0.181. The number of phenolic OH excluding ortho intramolecular Hbond substituents is 1. The van der Waals surface area contributed by atoms with Crippen LogP contribution in [0.5, 0.6) is 11.5 Å². The van der Waals surface area contributed by atoms with Crippen molar-refractivity contribution in [2.45, 2.75) is 45.3 Å². The SMILES string of the molecule is CCC(=C=CC[C@@H](O)c1cc(I)c(O)c(OC)c1)C[C@H](C)O. The summed E-state index contributed by atoms with van der Waals surface area (Å²) in [5, 5.41) is 29.5. The number of halogens is 1. The highest BCUT2D eigenvalue weighted by Gasteiger charge is 2.13. The van der Waals surface area contributed by atoms with E-state index >= 15 is 0 Å². The van der Waals surface area contributed by atoms with Crippen molar-refractivity contribution < 1.29 is 20.1 Å². The molecule has 4 nitrogen and oxygen atoms in total. The number of aliphatic hydroxyl groups excluding tert-OH is 2. The van der Waals surface area contributed by atoms with Gasteiger partial charge in [-0.2, -0.15) is 0 Å². The molecule has 0 saturated heterocycles. The number of aromatic hydroxyl groups is 1. The molecule has 0 unspecified atom stereocenters. The summed E-state index contributed by atoms with van der Waals surface area (Å²) in [6, 6.07) is 3.37. The number of benzene rings is 1. The van der Waals surface area contributed by atoms with E-state index in [0.717, 1.165) is 12.0 Å². The van der Waals surface area contributed by atoms with Crippen molar-refractivity contribution in [2.24, 2.45) is 0 Å². The first kappa shape index (κ1) is 19.0. The van der Waals surface area contributed by atoms with Gasteiger partial charge in [0.05, 0.1) is 22.9 Å². The number of hydrogen-bond acceptors (Lipinski definition) is 4. The quantitative estimate of drug-likeness (QED) is 0.467. The summed E-state index contributed by atoms with van der Waals surface area (Å²) < 4.78 is 5.73. The molecular weight excluding hydrogens is 395 g/mol. The van der Waals surface area contributed by atoms with Crippen molar-refractivity contribution in [3.8, 4) is 11.5 Å². The number of hydrogen-bond donors (Lipinski definition) is 3. The first-order valence-electron chi connectivity index (χ1n) is 7.24. The van der Waals surface area contributed by atoms with Crippen LogP contribution in [0.25, 0.3) is 0 Å². The second-order valence-electron chi connectivity index (χ2n) is 5.16. The Morgan fingerprint density at radius 3 is 2.64 bits per heavy atom. The van der Waals surface area contributed by atoms with Gasteiger partial charge < -0.3 is 20.1 Å². The number of rotatable bonds is 7. The lowest BCUT2D eigenvalue weighted by Crippen LogP contribution is -2.00. The fourth-order valence-corrected chi connectivity index (χ4v) is 2.68. The Balaban J connectivity index is 2.87. The second kappa shape index (κ2) is 9.20. The van der Waals surface area contributed by atoms with E-state index in [1.54, 1.807) is 25.1 Å². The van der Waals surface area contributed by atoms with Crippen LogP contribution in [-0.2, 0) is 0 Å². The summed E-state index contributed by atoms with van der Waals surface area (Å²) in [6.07, 6.45) is 2.53. The minimum absolute atomic E-state index is 0.0830. The van der Waals surface area contributed by atoms with Gasteiger partial charge >= 0.3 is 0 Å². The maximum atomic E-state index is 10.3. The van der Waals surface area contributed by atoms with Crippen molar-refractivity contribution in [2.75, 3.05) is 7.11 Å². The Labute approximate surface area is 145 Å². The molecule has 0 radical (unpaired) electrons. The van der Waals surface area contributed by atoms with Crippen LogP contribution in [0.2, 0.25) is 0 Å². The molecule has 0 aliphatic heterocycles. The van der Waals surface area contributed by atoms with E-state index in [4.69, 9.17) is 4.74 Å². The monoisotopic (exact) mass is 418 g/mol. The molecule has 0 aliphatic carbocycles. The van der Waals surface area contributed by atoms with Crippen LogP contribution >= 0.6 is 22.6 Å². The second-order valence-corrected chi connectivity index (χ2v) is 6.33. The smallest absolute Gasteiger partial charge is 0.171 e. The van der Waals surface area contributed by atoms with Gasteiger partial charge in [0, 0.05) is 12.8 Å². The van der Waals surface area contributed by atoms with Crippen molar-refractivity contribution in [3.63, 3.8) is 0 Å². The molecule has 0 aliphatic rings. The molecule has 0 bridgehead atoms. The van der Waals surface area contributed by atoms with Gasteiger partial charge in [0.1, 0.15) is 0 Å². The zero-order chi connectivity index (χ0) is 16.7. The molecule has 0 spiro atoms. The molecule has 5 heteroatoms. The number of methoxy groups -OCH3 is 1. The van der Waals surface area contributed by atoms with Crippen molar-refractivity contribution in [1.82, 2.24) is 0 Å². The largest absolute Gasteiger partial charge is 0.504 e. The summed E-state index contributed by atoms with van der Waals surface area (Å²) in [5.41, 5.74) is 4.86. The third kappa shape index (κ3) is 5.65. The first-order valence-corrected chi connectivity index (χ1v) is 8.32. The average Bonchev–Trinajstić information content (AvgIpc) is 2.48. The maximum Gasteiger partial charge on any atom is 0.171 e. The van der Waals surface area contributed by atoms with Crippen molar-refractivity contribution in [1.29, 1.82) is 0 Å². The summed E-state index contributed by atoms with van der Waals surface area (Å²) in [6.45, 7) is 3.76. The lowest BCUT2D eigenvalue weighted by atomic mass is 10.0. The summed E-state index contributed by atoms with van der Waals surface area (Å²) in [4.78, 5) is 0. The summed E-state index contributed by atoms with van der Waals surface area (Å²) in [5.74, 6) is 0.434. The third-order valence-corrected chi connectivity index (χ3v) is 4.09.